The van der Waals surface area contributed by atoms with Gasteiger partial charge in [-0.3, -0.25) is 4.90 Å². The molecule has 2 saturated heterocycles. The fraction of sp³-hybridized carbons (Fsp3) is 1.00. The van der Waals surface area contributed by atoms with Crippen LogP contribution in [0, 0.1) is 0 Å². The van der Waals surface area contributed by atoms with E-state index in [1.54, 1.807) is 0 Å². The van der Waals surface area contributed by atoms with Gasteiger partial charge in [-0.25, -0.2) is 0 Å². The summed E-state index contributed by atoms with van der Waals surface area (Å²) in [5.74, 6) is 0. The summed E-state index contributed by atoms with van der Waals surface area (Å²) in [6.45, 7) is 8.74. The zero-order chi connectivity index (χ0) is 8.55. The fourth-order valence-electron chi connectivity index (χ4n) is 2.14. The Bertz CT molecular complexity index is 161. The van der Waals surface area contributed by atoms with Crippen LogP contribution >= 0.6 is 0 Å². The van der Waals surface area contributed by atoms with E-state index in [-0.39, 0.29) is 0 Å². The molecule has 0 aromatic carbocycles. The standard InChI is InChI=1S/C9H18N2O/c1-7-8(2)12-6-9-5-10-3-4-11(7)9/h7-10H,3-6H2,1-2H3/t7-,8+,9+/m1/s1. The number of hydrogen-bond acceptors (Lipinski definition) is 3. The SMILES string of the molecule is C[C@@H]1OC[C@@H]2CNCCN2[C@@H]1C. The minimum Gasteiger partial charge on any atom is -0.375 e. The van der Waals surface area contributed by atoms with Crippen molar-refractivity contribution in [1.29, 1.82) is 0 Å². The van der Waals surface area contributed by atoms with Crippen LogP contribution in [0.3, 0.4) is 0 Å². The normalized spacial score (nSPS) is 44.0. The summed E-state index contributed by atoms with van der Waals surface area (Å²) in [5, 5.41) is 3.40. The third-order valence-electron chi connectivity index (χ3n) is 3.15. The molecule has 0 aliphatic carbocycles. The van der Waals surface area contributed by atoms with Crippen molar-refractivity contribution in [3.05, 3.63) is 0 Å². The summed E-state index contributed by atoms with van der Waals surface area (Å²) in [6, 6.07) is 1.20. The van der Waals surface area contributed by atoms with Crippen LogP contribution in [-0.4, -0.2) is 49.3 Å². The van der Waals surface area contributed by atoms with Crippen LogP contribution in [-0.2, 0) is 4.74 Å². The summed E-state index contributed by atoms with van der Waals surface area (Å²) < 4.78 is 5.68. The number of rotatable bonds is 0. The molecule has 2 aliphatic heterocycles. The number of hydrogen-bond donors (Lipinski definition) is 1. The average molecular weight is 170 g/mol. The number of nitrogens with zero attached hydrogens (tertiary/aromatic N) is 1. The maximum atomic E-state index is 5.68. The molecule has 0 bridgehead atoms. The van der Waals surface area contributed by atoms with E-state index >= 15 is 0 Å². The minimum absolute atomic E-state index is 0.402. The molecule has 0 saturated carbocycles. The Morgan fingerprint density at radius 3 is 3.08 bits per heavy atom. The van der Waals surface area contributed by atoms with E-state index in [2.05, 4.69) is 24.1 Å². The van der Waals surface area contributed by atoms with Gasteiger partial charge in [0.05, 0.1) is 12.7 Å². The van der Waals surface area contributed by atoms with E-state index in [1.807, 2.05) is 0 Å². The van der Waals surface area contributed by atoms with Crippen LogP contribution in [0.2, 0.25) is 0 Å². The molecule has 2 aliphatic rings. The molecule has 2 heterocycles. The third-order valence-corrected chi connectivity index (χ3v) is 3.15. The molecule has 0 unspecified atom stereocenters. The van der Waals surface area contributed by atoms with E-state index in [9.17, 15) is 0 Å². The van der Waals surface area contributed by atoms with Crippen LogP contribution in [0.1, 0.15) is 13.8 Å². The molecule has 0 aromatic rings. The lowest BCUT2D eigenvalue weighted by molar-refractivity contribution is -0.0962. The van der Waals surface area contributed by atoms with Gasteiger partial charge >= 0.3 is 0 Å². The van der Waals surface area contributed by atoms with Gasteiger partial charge in [0.25, 0.3) is 0 Å². The number of nitrogens with one attached hydrogen (secondary N) is 1. The van der Waals surface area contributed by atoms with Crippen molar-refractivity contribution in [2.45, 2.75) is 32.0 Å². The minimum atomic E-state index is 0.402. The molecule has 0 radical (unpaired) electrons. The predicted octanol–water partition coefficient (Wildman–Crippen LogP) is 0.0674. The van der Waals surface area contributed by atoms with Crippen molar-refractivity contribution >= 4 is 0 Å². The monoisotopic (exact) mass is 170 g/mol. The zero-order valence-electron chi connectivity index (χ0n) is 7.92. The second kappa shape index (κ2) is 3.32. The molecule has 3 nitrogen and oxygen atoms in total. The van der Waals surface area contributed by atoms with Crippen molar-refractivity contribution in [2.24, 2.45) is 0 Å². The van der Waals surface area contributed by atoms with Crippen LogP contribution in [0.25, 0.3) is 0 Å². The second-order valence-electron chi connectivity index (χ2n) is 3.87. The molecule has 0 amide bonds. The first kappa shape index (κ1) is 8.48. The first-order valence-corrected chi connectivity index (χ1v) is 4.87. The Kier molecular flexibility index (Phi) is 2.35. The first-order chi connectivity index (χ1) is 5.79. The highest BCUT2D eigenvalue weighted by atomic mass is 16.5. The Labute approximate surface area is 74.1 Å². The van der Waals surface area contributed by atoms with Gasteiger partial charge in [0.1, 0.15) is 0 Å². The summed E-state index contributed by atoms with van der Waals surface area (Å²) in [4.78, 5) is 2.57. The first-order valence-electron chi connectivity index (χ1n) is 4.87. The largest absolute Gasteiger partial charge is 0.375 e. The molecule has 2 rings (SSSR count). The smallest absolute Gasteiger partial charge is 0.0700 e. The maximum Gasteiger partial charge on any atom is 0.0700 e. The van der Waals surface area contributed by atoms with Crippen molar-refractivity contribution in [3.63, 3.8) is 0 Å². The Balaban J connectivity index is 2.03. The third kappa shape index (κ3) is 1.37. The molecule has 12 heavy (non-hydrogen) atoms. The van der Waals surface area contributed by atoms with E-state index in [0.717, 1.165) is 19.7 Å². The van der Waals surface area contributed by atoms with E-state index in [1.165, 1.54) is 6.54 Å². The lowest BCUT2D eigenvalue weighted by atomic mass is 10.0. The summed E-state index contributed by atoms with van der Waals surface area (Å²) in [7, 11) is 0. The van der Waals surface area contributed by atoms with Crippen molar-refractivity contribution in [2.75, 3.05) is 26.2 Å². The number of fused-ring (bicyclic) bond motifs is 1. The van der Waals surface area contributed by atoms with Gasteiger partial charge in [0, 0.05) is 31.7 Å². The number of morpholine rings is 1. The quantitative estimate of drug-likeness (QED) is 0.556. The average Bonchev–Trinajstić information content (AvgIpc) is 2.12. The summed E-state index contributed by atoms with van der Waals surface area (Å²) in [5.41, 5.74) is 0. The zero-order valence-corrected chi connectivity index (χ0v) is 7.92. The van der Waals surface area contributed by atoms with E-state index in [0.29, 0.717) is 18.2 Å². The molecular weight excluding hydrogens is 152 g/mol. The van der Waals surface area contributed by atoms with Crippen LogP contribution in [0.4, 0.5) is 0 Å². The molecule has 0 spiro atoms. The van der Waals surface area contributed by atoms with Gasteiger partial charge in [0.2, 0.25) is 0 Å². The van der Waals surface area contributed by atoms with Gasteiger partial charge in [-0.15, -0.1) is 0 Å². The second-order valence-corrected chi connectivity index (χ2v) is 3.87. The molecule has 2 fully saturated rings. The van der Waals surface area contributed by atoms with Gasteiger partial charge in [-0.2, -0.15) is 0 Å². The van der Waals surface area contributed by atoms with E-state index in [4.69, 9.17) is 4.74 Å². The molecule has 70 valence electrons. The topological polar surface area (TPSA) is 24.5 Å². The molecule has 3 heteroatoms. The van der Waals surface area contributed by atoms with Gasteiger partial charge in [-0.1, -0.05) is 0 Å². The fourth-order valence-corrected chi connectivity index (χ4v) is 2.14. The van der Waals surface area contributed by atoms with Gasteiger partial charge in [0.15, 0.2) is 0 Å². The molecule has 1 N–H and O–H groups in total. The molecular formula is C9H18N2O. The lowest BCUT2D eigenvalue weighted by Crippen LogP contribution is -2.62. The van der Waals surface area contributed by atoms with Crippen molar-refractivity contribution < 1.29 is 4.74 Å². The Morgan fingerprint density at radius 1 is 1.42 bits per heavy atom. The molecule has 0 aromatic heterocycles. The van der Waals surface area contributed by atoms with Crippen LogP contribution < -0.4 is 5.32 Å². The van der Waals surface area contributed by atoms with E-state index < -0.39 is 0 Å². The van der Waals surface area contributed by atoms with Crippen LogP contribution in [0.5, 0.6) is 0 Å². The highest BCUT2D eigenvalue weighted by molar-refractivity contribution is 4.89. The highest BCUT2D eigenvalue weighted by Gasteiger charge is 2.34. The maximum absolute atomic E-state index is 5.68. The molecule has 3 atom stereocenters. The highest BCUT2D eigenvalue weighted by Crippen LogP contribution is 2.19. The van der Waals surface area contributed by atoms with Gasteiger partial charge < -0.3 is 10.1 Å². The number of ether oxygens (including phenoxy) is 1. The van der Waals surface area contributed by atoms with Crippen molar-refractivity contribution in [1.82, 2.24) is 10.2 Å². The number of piperazine rings is 1. The van der Waals surface area contributed by atoms with Crippen molar-refractivity contribution in [3.8, 4) is 0 Å². The summed E-state index contributed by atoms with van der Waals surface area (Å²) >= 11 is 0. The van der Waals surface area contributed by atoms with Crippen LogP contribution in [0.15, 0.2) is 0 Å². The Morgan fingerprint density at radius 2 is 2.25 bits per heavy atom. The lowest BCUT2D eigenvalue weighted by Gasteiger charge is -2.46. The Hall–Kier alpha value is -0.120. The van der Waals surface area contributed by atoms with Gasteiger partial charge in [-0.05, 0) is 13.8 Å². The summed E-state index contributed by atoms with van der Waals surface area (Å²) in [6.07, 6.45) is 0.402. The predicted molar refractivity (Wildman–Crippen MR) is 48.2 cm³/mol.